The van der Waals surface area contributed by atoms with Crippen LogP contribution in [0.1, 0.15) is 43.8 Å². The zero-order valence-electron chi connectivity index (χ0n) is 17.7. The molecule has 6 heteroatoms. The van der Waals surface area contributed by atoms with Gasteiger partial charge in [-0.3, -0.25) is 9.59 Å². The van der Waals surface area contributed by atoms with Crippen LogP contribution in [0.3, 0.4) is 0 Å². The van der Waals surface area contributed by atoms with Crippen LogP contribution in [0.2, 0.25) is 0 Å². The van der Waals surface area contributed by atoms with E-state index in [0.717, 1.165) is 48.5 Å². The number of hydrogen-bond donors (Lipinski definition) is 0. The van der Waals surface area contributed by atoms with Gasteiger partial charge in [-0.05, 0) is 37.1 Å². The monoisotopic (exact) mass is 416 g/mol. The lowest BCUT2D eigenvalue weighted by molar-refractivity contribution is -0.131. The maximum Gasteiger partial charge on any atom is 0.242 e. The van der Waals surface area contributed by atoms with Crippen LogP contribution >= 0.6 is 0 Å². The number of amides is 2. The van der Waals surface area contributed by atoms with E-state index in [0.29, 0.717) is 13.0 Å². The molecule has 3 aromatic rings. The number of benzene rings is 2. The highest BCUT2D eigenvalue weighted by Crippen LogP contribution is 2.33. The van der Waals surface area contributed by atoms with Gasteiger partial charge in [0, 0.05) is 37.7 Å². The van der Waals surface area contributed by atoms with Crippen molar-refractivity contribution in [2.24, 2.45) is 0 Å². The quantitative estimate of drug-likeness (QED) is 0.647. The molecule has 6 nitrogen and oxygen atoms in total. The molecule has 2 aliphatic rings. The third-order valence-corrected chi connectivity index (χ3v) is 6.49. The number of para-hydroxylation sites is 3. The van der Waals surface area contributed by atoms with Crippen LogP contribution in [0.4, 0.5) is 5.69 Å². The molecule has 2 saturated heterocycles. The molecule has 0 saturated carbocycles. The molecule has 3 heterocycles. The fourth-order valence-corrected chi connectivity index (χ4v) is 4.87. The van der Waals surface area contributed by atoms with E-state index in [4.69, 9.17) is 4.98 Å². The van der Waals surface area contributed by atoms with E-state index in [1.54, 1.807) is 0 Å². The van der Waals surface area contributed by atoms with Crippen LogP contribution < -0.4 is 4.90 Å². The van der Waals surface area contributed by atoms with Crippen LogP contribution in [0.25, 0.3) is 11.0 Å². The highest BCUT2D eigenvalue weighted by molar-refractivity contribution is 5.96. The Balaban J connectivity index is 1.45. The molecule has 0 aliphatic carbocycles. The number of nitrogens with zero attached hydrogens (tertiary/aromatic N) is 4. The number of carbonyl (C=O) groups excluding carboxylic acids is 2. The minimum absolute atomic E-state index is 0.0305. The summed E-state index contributed by atoms with van der Waals surface area (Å²) in [5.74, 6) is 1.07. The molecule has 1 aromatic heterocycles. The molecule has 2 fully saturated rings. The van der Waals surface area contributed by atoms with Crippen molar-refractivity contribution in [1.29, 1.82) is 0 Å². The first-order valence-corrected chi connectivity index (χ1v) is 11.3. The molecule has 31 heavy (non-hydrogen) atoms. The number of likely N-dealkylation sites (tertiary alicyclic amines) is 1. The fraction of sp³-hybridized carbons (Fsp3) is 0.400. The zero-order valence-corrected chi connectivity index (χ0v) is 17.7. The summed E-state index contributed by atoms with van der Waals surface area (Å²) in [6.07, 6.45) is 4.96. The number of rotatable bonds is 4. The Morgan fingerprint density at radius 2 is 1.65 bits per heavy atom. The van der Waals surface area contributed by atoms with Gasteiger partial charge in [0.25, 0.3) is 0 Å². The number of hydrogen-bond acceptors (Lipinski definition) is 3. The van der Waals surface area contributed by atoms with Gasteiger partial charge in [0.05, 0.1) is 11.0 Å². The number of imidazole rings is 1. The van der Waals surface area contributed by atoms with Crippen molar-refractivity contribution in [3.8, 4) is 0 Å². The molecule has 160 valence electrons. The summed E-state index contributed by atoms with van der Waals surface area (Å²) in [5, 5.41) is 0. The average molecular weight is 417 g/mol. The normalized spacial score (nSPS) is 19.7. The van der Waals surface area contributed by atoms with Gasteiger partial charge in [0.1, 0.15) is 12.4 Å². The Labute approximate surface area is 182 Å². The summed E-state index contributed by atoms with van der Waals surface area (Å²) < 4.78 is 2.05. The first-order chi connectivity index (χ1) is 15.2. The maximum absolute atomic E-state index is 13.2. The Hall–Kier alpha value is -3.15. The van der Waals surface area contributed by atoms with Gasteiger partial charge >= 0.3 is 0 Å². The molecule has 2 aliphatic heterocycles. The number of carbonyl (C=O) groups is 2. The van der Waals surface area contributed by atoms with Crippen LogP contribution in [0, 0.1) is 0 Å². The fourth-order valence-electron chi connectivity index (χ4n) is 4.87. The molecule has 2 amide bonds. The lowest BCUT2D eigenvalue weighted by Crippen LogP contribution is -2.35. The van der Waals surface area contributed by atoms with E-state index in [9.17, 15) is 9.59 Å². The van der Waals surface area contributed by atoms with Gasteiger partial charge < -0.3 is 14.4 Å². The molecule has 0 radical (unpaired) electrons. The van der Waals surface area contributed by atoms with Gasteiger partial charge in [-0.1, -0.05) is 43.2 Å². The maximum atomic E-state index is 13.2. The van der Waals surface area contributed by atoms with E-state index in [-0.39, 0.29) is 24.3 Å². The Morgan fingerprint density at radius 3 is 2.42 bits per heavy atom. The largest absolute Gasteiger partial charge is 0.341 e. The molecular weight excluding hydrogens is 388 g/mol. The topological polar surface area (TPSA) is 58.4 Å². The van der Waals surface area contributed by atoms with E-state index in [1.165, 1.54) is 12.8 Å². The van der Waals surface area contributed by atoms with Crippen molar-refractivity contribution >= 4 is 28.5 Å². The summed E-state index contributed by atoms with van der Waals surface area (Å²) >= 11 is 0. The van der Waals surface area contributed by atoms with Crippen LogP contribution in [-0.2, 0) is 16.1 Å². The summed E-state index contributed by atoms with van der Waals surface area (Å²) in [6, 6.07) is 17.7. The van der Waals surface area contributed by atoms with Crippen molar-refractivity contribution < 1.29 is 9.59 Å². The van der Waals surface area contributed by atoms with Gasteiger partial charge in [0.2, 0.25) is 11.8 Å². The van der Waals surface area contributed by atoms with Crippen molar-refractivity contribution in [1.82, 2.24) is 14.5 Å². The van der Waals surface area contributed by atoms with Gasteiger partial charge in [-0.25, -0.2) is 4.98 Å². The van der Waals surface area contributed by atoms with Crippen molar-refractivity contribution in [3.63, 3.8) is 0 Å². The molecule has 0 bridgehead atoms. The van der Waals surface area contributed by atoms with E-state index in [2.05, 4.69) is 4.57 Å². The Kier molecular flexibility index (Phi) is 5.45. The van der Waals surface area contributed by atoms with E-state index in [1.807, 2.05) is 64.4 Å². The SMILES string of the molecule is O=C(Cn1c(C2CC(=O)N(c3ccccc3)C2)nc2ccccc21)N1CCCCCC1. The van der Waals surface area contributed by atoms with Crippen molar-refractivity contribution in [2.45, 2.75) is 44.6 Å². The molecular formula is C25H28N4O2. The molecule has 0 N–H and O–H groups in total. The standard InChI is InChI=1S/C25H28N4O2/c30-23-16-19(17-28(23)20-10-4-3-5-11-20)25-26-21-12-6-7-13-22(21)29(25)18-24(31)27-14-8-1-2-9-15-27/h3-7,10-13,19H,1-2,8-9,14-18H2. The summed E-state index contributed by atoms with van der Waals surface area (Å²) in [4.78, 5) is 34.7. The molecule has 5 rings (SSSR count). The third-order valence-electron chi connectivity index (χ3n) is 6.49. The smallest absolute Gasteiger partial charge is 0.242 e. The van der Waals surface area contributed by atoms with Gasteiger partial charge in [0.15, 0.2) is 0 Å². The average Bonchev–Trinajstić information content (AvgIpc) is 3.22. The number of anilines is 1. The third kappa shape index (κ3) is 3.94. The lowest BCUT2D eigenvalue weighted by atomic mass is 10.1. The van der Waals surface area contributed by atoms with E-state index >= 15 is 0 Å². The minimum atomic E-state index is -0.0305. The first-order valence-electron chi connectivity index (χ1n) is 11.3. The minimum Gasteiger partial charge on any atom is -0.341 e. The Morgan fingerprint density at radius 1 is 0.935 bits per heavy atom. The summed E-state index contributed by atoms with van der Waals surface area (Å²) in [5.41, 5.74) is 2.76. The predicted molar refractivity (Wildman–Crippen MR) is 121 cm³/mol. The van der Waals surface area contributed by atoms with Gasteiger partial charge in [-0.2, -0.15) is 0 Å². The van der Waals surface area contributed by atoms with Crippen molar-refractivity contribution in [2.75, 3.05) is 24.5 Å². The molecule has 0 spiro atoms. The summed E-state index contributed by atoms with van der Waals surface area (Å²) in [7, 11) is 0. The predicted octanol–water partition coefficient (Wildman–Crippen LogP) is 3.96. The highest BCUT2D eigenvalue weighted by Gasteiger charge is 2.35. The Bertz CT molecular complexity index is 1080. The van der Waals surface area contributed by atoms with E-state index < -0.39 is 0 Å². The number of aromatic nitrogens is 2. The van der Waals surface area contributed by atoms with Crippen LogP contribution in [-0.4, -0.2) is 45.9 Å². The lowest BCUT2D eigenvalue weighted by Gasteiger charge is -2.22. The van der Waals surface area contributed by atoms with Gasteiger partial charge in [-0.15, -0.1) is 0 Å². The van der Waals surface area contributed by atoms with Crippen LogP contribution in [0.5, 0.6) is 0 Å². The molecule has 2 aromatic carbocycles. The second-order valence-corrected chi connectivity index (χ2v) is 8.58. The molecule has 1 unspecified atom stereocenters. The first kappa shape index (κ1) is 19.8. The number of fused-ring (bicyclic) bond motifs is 1. The van der Waals surface area contributed by atoms with Crippen molar-refractivity contribution in [3.05, 3.63) is 60.4 Å². The summed E-state index contributed by atoms with van der Waals surface area (Å²) in [6.45, 7) is 2.55. The van der Waals surface area contributed by atoms with Crippen LogP contribution in [0.15, 0.2) is 54.6 Å². The molecule has 1 atom stereocenters. The zero-order chi connectivity index (χ0) is 21.2. The second-order valence-electron chi connectivity index (χ2n) is 8.58. The highest BCUT2D eigenvalue weighted by atomic mass is 16.2. The second kappa shape index (κ2) is 8.53.